The lowest BCUT2D eigenvalue weighted by Gasteiger charge is -2.21. The van der Waals surface area contributed by atoms with Gasteiger partial charge in [0, 0.05) is 25.7 Å². The van der Waals surface area contributed by atoms with Gasteiger partial charge in [-0.05, 0) is 49.4 Å². The zero-order valence-corrected chi connectivity index (χ0v) is 66.2. The van der Waals surface area contributed by atoms with Gasteiger partial charge in [-0.3, -0.25) is 37.3 Å². The van der Waals surface area contributed by atoms with Crippen molar-refractivity contribution < 1.29 is 80.2 Å². The van der Waals surface area contributed by atoms with Crippen LogP contribution >= 0.6 is 15.6 Å². The highest BCUT2D eigenvalue weighted by molar-refractivity contribution is 7.47. The zero-order chi connectivity index (χ0) is 72.4. The molecule has 3 N–H and O–H groups in total. The third kappa shape index (κ3) is 72.4. The number of carbonyl (C=O) groups is 4. The van der Waals surface area contributed by atoms with E-state index in [-0.39, 0.29) is 25.7 Å². The number of rotatable bonds is 76. The molecule has 19 heteroatoms. The van der Waals surface area contributed by atoms with E-state index >= 15 is 0 Å². The highest BCUT2D eigenvalue weighted by atomic mass is 31.2. The molecule has 0 aromatic carbocycles. The fourth-order valence-electron chi connectivity index (χ4n) is 12.1. The third-order valence-corrected chi connectivity index (χ3v) is 20.2. The number of hydrogen-bond acceptors (Lipinski definition) is 15. The highest BCUT2D eigenvalue weighted by Gasteiger charge is 2.30. The van der Waals surface area contributed by atoms with Crippen LogP contribution in [0.3, 0.4) is 0 Å². The predicted molar refractivity (Wildman–Crippen MR) is 400 cm³/mol. The predicted octanol–water partition coefficient (Wildman–Crippen LogP) is 23.2. The number of ether oxygens (including phenoxy) is 4. The summed E-state index contributed by atoms with van der Waals surface area (Å²) >= 11 is 0. The van der Waals surface area contributed by atoms with Crippen molar-refractivity contribution in [3.63, 3.8) is 0 Å². The van der Waals surface area contributed by atoms with Crippen molar-refractivity contribution in [3.8, 4) is 0 Å². The number of unbranched alkanes of at least 4 members (excludes halogenated alkanes) is 42. The summed E-state index contributed by atoms with van der Waals surface area (Å²) < 4.78 is 68.6. The van der Waals surface area contributed by atoms with Crippen LogP contribution in [-0.4, -0.2) is 96.7 Å². The normalized spacial score (nSPS) is 14.1. The number of phosphoric acid groups is 2. The van der Waals surface area contributed by atoms with Crippen LogP contribution in [0.25, 0.3) is 0 Å². The Morgan fingerprint density at radius 2 is 0.429 bits per heavy atom. The Balaban J connectivity index is 5.21. The maximum Gasteiger partial charge on any atom is 0.472 e. The Morgan fingerprint density at radius 1 is 0.255 bits per heavy atom. The van der Waals surface area contributed by atoms with E-state index in [0.717, 1.165) is 114 Å². The van der Waals surface area contributed by atoms with E-state index in [0.29, 0.717) is 31.6 Å². The molecule has 0 aliphatic heterocycles. The topological polar surface area (TPSA) is 237 Å². The standard InChI is InChI=1S/C79H154O17P2/c1-69(2)55-47-39-31-25-19-15-11-9-10-12-17-21-29-35-45-53-62-79(84)96-75(66-90-77(82)60-52-44-38-37-42-50-58-72(7)8)68-94-98(87,88)92-64-73(80)63-91-97(85,86)93-67-74(65-89-76(81)59-51-43-34-28-24-23-27-33-41-49-57-71(5)6)95-78(83)61-54-46-36-30-22-18-14-13-16-20-26-32-40-48-56-70(3)4/h69-75,80H,9-68H2,1-8H3,(H,85,86)(H,87,88)/t73?,74-,75-/m1/s1. The second kappa shape index (κ2) is 68.2. The van der Waals surface area contributed by atoms with Gasteiger partial charge in [-0.25, -0.2) is 9.13 Å². The molecule has 0 radical (unpaired) electrons. The molecule has 5 atom stereocenters. The Kier molecular flexibility index (Phi) is 66.8. The molecule has 0 spiro atoms. The molecule has 0 amide bonds. The van der Waals surface area contributed by atoms with Crippen LogP contribution in [0.5, 0.6) is 0 Å². The van der Waals surface area contributed by atoms with Gasteiger partial charge in [0.05, 0.1) is 26.4 Å². The van der Waals surface area contributed by atoms with E-state index in [4.69, 9.17) is 37.0 Å². The first-order valence-corrected chi connectivity index (χ1v) is 43.7. The second-order valence-electron chi connectivity index (χ2n) is 30.4. The van der Waals surface area contributed by atoms with Crippen molar-refractivity contribution in [2.24, 2.45) is 23.7 Å². The fourth-order valence-corrected chi connectivity index (χ4v) is 13.7. The van der Waals surface area contributed by atoms with Gasteiger partial charge in [0.2, 0.25) is 0 Å². The average molecular weight is 1440 g/mol. The van der Waals surface area contributed by atoms with Crippen molar-refractivity contribution in [2.75, 3.05) is 39.6 Å². The molecule has 17 nitrogen and oxygen atoms in total. The molecule has 0 saturated carbocycles. The molecule has 98 heavy (non-hydrogen) atoms. The molecule has 0 fully saturated rings. The summed E-state index contributed by atoms with van der Waals surface area (Å²) in [6.07, 6.45) is 54.3. The summed E-state index contributed by atoms with van der Waals surface area (Å²) in [7, 11) is -9.92. The smallest absolute Gasteiger partial charge is 0.462 e. The van der Waals surface area contributed by atoms with Crippen molar-refractivity contribution in [2.45, 2.75) is 420 Å². The number of esters is 4. The third-order valence-electron chi connectivity index (χ3n) is 18.3. The minimum Gasteiger partial charge on any atom is -0.462 e. The van der Waals surface area contributed by atoms with Gasteiger partial charge >= 0.3 is 39.5 Å². The lowest BCUT2D eigenvalue weighted by Crippen LogP contribution is -2.30. The minimum atomic E-state index is -4.96. The van der Waals surface area contributed by atoms with Gasteiger partial charge in [0.1, 0.15) is 19.3 Å². The summed E-state index contributed by atoms with van der Waals surface area (Å²) in [6.45, 7) is 14.2. The second-order valence-corrected chi connectivity index (χ2v) is 33.3. The van der Waals surface area contributed by atoms with Crippen LogP contribution in [0, 0.1) is 23.7 Å². The van der Waals surface area contributed by atoms with Crippen LogP contribution in [0.1, 0.15) is 402 Å². The van der Waals surface area contributed by atoms with Crippen molar-refractivity contribution in [1.29, 1.82) is 0 Å². The Hall–Kier alpha value is -1.94. The monoisotopic (exact) mass is 1440 g/mol. The number of carbonyl (C=O) groups excluding carboxylic acids is 4. The van der Waals surface area contributed by atoms with E-state index in [9.17, 15) is 43.2 Å². The molecular formula is C79H154O17P2. The maximum atomic E-state index is 13.1. The van der Waals surface area contributed by atoms with Crippen molar-refractivity contribution >= 4 is 39.5 Å². The Bertz CT molecular complexity index is 1920. The lowest BCUT2D eigenvalue weighted by atomic mass is 10.0. The number of hydrogen-bond donors (Lipinski definition) is 3. The number of aliphatic hydroxyl groups is 1. The lowest BCUT2D eigenvalue weighted by molar-refractivity contribution is -0.161. The van der Waals surface area contributed by atoms with Gasteiger partial charge in [-0.2, -0.15) is 0 Å². The quantitative estimate of drug-likeness (QED) is 0.0222. The number of aliphatic hydroxyl groups excluding tert-OH is 1. The van der Waals surface area contributed by atoms with E-state index < -0.39 is 97.5 Å². The molecule has 0 heterocycles. The summed E-state index contributed by atoms with van der Waals surface area (Å²) in [5.41, 5.74) is 0. The molecule has 0 rings (SSSR count). The average Bonchev–Trinajstić information content (AvgIpc) is 0.954. The molecule has 0 saturated heterocycles. The first-order valence-electron chi connectivity index (χ1n) is 40.7. The van der Waals surface area contributed by atoms with Crippen LogP contribution in [0.15, 0.2) is 0 Å². The molecule has 3 unspecified atom stereocenters. The molecule has 0 aliphatic rings. The van der Waals surface area contributed by atoms with E-state index in [1.165, 1.54) is 199 Å². The van der Waals surface area contributed by atoms with Crippen LogP contribution in [0.2, 0.25) is 0 Å². The summed E-state index contributed by atoms with van der Waals surface area (Å²) in [6, 6.07) is 0. The Morgan fingerprint density at radius 3 is 0.633 bits per heavy atom. The maximum absolute atomic E-state index is 13.1. The van der Waals surface area contributed by atoms with Crippen LogP contribution in [-0.2, 0) is 65.4 Å². The van der Waals surface area contributed by atoms with E-state index in [1.807, 2.05) is 0 Å². The van der Waals surface area contributed by atoms with Crippen LogP contribution in [0.4, 0.5) is 0 Å². The summed E-state index contributed by atoms with van der Waals surface area (Å²) in [5.74, 6) is 0.924. The summed E-state index contributed by atoms with van der Waals surface area (Å²) in [4.78, 5) is 72.9. The van der Waals surface area contributed by atoms with E-state index in [1.54, 1.807) is 0 Å². The highest BCUT2D eigenvalue weighted by Crippen LogP contribution is 2.45. The zero-order valence-electron chi connectivity index (χ0n) is 64.4. The van der Waals surface area contributed by atoms with Gasteiger partial charge in [0.15, 0.2) is 12.2 Å². The van der Waals surface area contributed by atoms with Gasteiger partial charge in [-0.15, -0.1) is 0 Å². The molecular weight excluding hydrogens is 1280 g/mol. The van der Waals surface area contributed by atoms with Gasteiger partial charge < -0.3 is 33.8 Å². The molecule has 0 aromatic rings. The van der Waals surface area contributed by atoms with Gasteiger partial charge in [-0.1, -0.05) is 351 Å². The fraction of sp³-hybridized carbons (Fsp3) is 0.949. The SMILES string of the molecule is CC(C)CCCCCCCCCCCCCCCCCCC(=O)O[C@H](COC(=O)CCCCCCCCC(C)C)COP(=O)(O)OCC(O)COP(=O)(O)OC[C@@H](COC(=O)CCCCCCCCCCCCC(C)C)OC(=O)CCCCCCCCCCCCCCCCC(C)C. The van der Waals surface area contributed by atoms with Gasteiger partial charge in [0.25, 0.3) is 0 Å². The van der Waals surface area contributed by atoms with Crippen molar-refractivity contribution in [3.05, 3.63) is 0 Å². The first kappa shape index (κ1) is 96.1. The minimum absolute atomic E-state index is 0.106. The van der Waals surface area contributed by atoms with E-state index in [2.05, 4.69) is 55.4 Å². The molecule has 582 valence electrons. The largest absolute Gasteiger partial charge is 0.472 e. The first-order chi connectivity index (χ1) is 47.1. The summed E-state index contributed by atoms with van der Waals surface area (Å²) in [5, 5.41) is 10.6. The molecule has 0 bridgehead atoms. The Labute approximate surface area is 600 Å². The molecule has 0 aliphatic carbocycles. The number of phosphoric ester groups is 2. The van der Waals surface area contributed by atoms with Crippen molar-refractivity contribution in [1.82, 2.24) is 0 Å². The van der Waals surface area contributed by atoms with Crippen LogP contribution < -0.4 is 0 Å². The molecule has 0 aromatic heterocycles.